The number of benzene rings is 1. The maximum Gasteiger partial charge on any atom is 0.205 e. The van der Waals surface area contributed by atoms with E-state index in [1.807, 2.05) is 26.8 Å². The number of Topliss-reactive ketones (excluding diaryl/α,β-unsaturated/α-hetero) is 3. The van der Waals surface area contributed by atoms with Gasteiger partial charge in [-0.05, 0) is 70.4 Å². The van der Waals surface area contributed by atoms with Crippen LogP contribution in [0.15, 0.2) is 28.5 Å². The molecular formula is C27H33NO7. The molecule has 1 aromatic carbocycles. The van der Waals surface area contributed by atoms with E-state index < -0.39 is 40.5 Å². The summed E-state index contributed by atoms with van der Waals surface area (Å²) >= 11 is 0. The van der Waals surface area contributed by atoms with Crippen LogP contribution in [-0.4, -0.2) is 44.4 Å². The van der Waals surface area contributed by atoms with Crippen molar-refractivity contribution in [3.63, 3.8) is 0 Å². The first-order valence-electron chi connectivity index (χ1n) is 12.1. The van der Waals surface area contributed by atoms with Crippen molar-refractivity contribution >= 4 is 17.3 Å². The number of carbonyl (C=O) groups excluding carboxylic acids is 3. The highest BCUT2D eigenvalue weighted by Gasteiger charge is 2.58. The van der Waals surface area contributed by atoms with Crippen LogP contribution in [0.3, 0.4) is 0 Å². The van der Waals surface area contributed by atoms with Gasteiger partial charge in [-0.1, -0.05) is 18.6 Å². The highest BCUT2D eigenvalue weighted by molar-refractivity contribution is 6.25. The summed E-state index contributed by atoms with van der Waals surface area (Å²) in [5, 5.41) is 33.8. The molecule has 4 N–H and O–H groups in total. The monoisotopic (exact) mass is 483 g/mol. The second-order valence-corrected chi connectivity index (χ2v) is 10.2. The average molecular weight is 484 g/mol. The van der Waals surface area contributed by atoms with Crippen LogP contribution in [0.5, 0.6) is 5.75 Å². The first-order valence-corrected chi connectivity index (χ1v) is 12.1. The molecule has 8 nitrogen and oxygen atoms in total. The first-order chi connectivity index (χ1) is 16.4. The fourth-order valence-electron chi connectivity index (χ4n) is 5.97. The van der Waals surface area contributed by atoms with E-state index in [9.17, 15) is 29.7 Å². The summed E-state index contributed by atoms with van der Waals surface area (Å²) in [7, 11) is 0. The van der Waals surface area contributed by atoms with Gasteiger partial charge in [-0.25, -0.2) is 0 Å². The lowest BCUT2D eigenvalue weighted by atomic mass is 9.59. The van der Waals surface area contributed by atoms with E-state index in [1.165, 1.54) is 6.92 Å². The van der Waals surface area contributed by atoms with Crippen molar-refractivity contribution < 1.29 is 34.5 Å². The molecule has 8 heteroatoms. The van der Waals surface area contributed by atoms with Gasteiger partial charge in [0.1, 0.15) is 11.5 Å². The summed E-state index contributed by atoms with van der Waals surface area (Å²) < 4.78 is 0. The lowest BCUT2D eigenvalue weighted by Crippen LogP contribution is -2.56. The number of phenols is 1. The summed E-state index contributed by atoms with van der Waals surface area (Å²) in [5.74, 6) is -3.87. The lowest BCUT2D eigenvalue weighted by Gasteiger charge is -2.46. The summed E-state index contributed by atoms with van der Waals surface area (Å²) in [5.41, 5.74) is 3.11. The minimum atomic E-state index is -2.33. The topological polar surface area (TPSA) is 133 Å². The summed E-state index contributed by atoms with van der Waals surface area (Å²) in [4.78, 5) is 44.5. The third kappa shape index (κ3) is 3.84. The van der Waals surface area contributed by atoms with Crippen LogP contribution >= 0.6 is 0 Å². The number of allylic oxidation sites excluding steroid dienone is 2. The number of nitrogens with one attached hydrogen (secondary N) is 1. The molecule has 0 saturated heterocycles. The Hall–Kier alpha value is -2.81. The largest absolute Gasteiger partial charge is 0.508 e. The average Bonchev–Trinajstić information content (AvgIpc) is 2.77. The van der Waals surface area contributed by atoms with Crippen molar-refractivity contribution in [2.24, 2.45) is 11.8 Å². The molecule has 0 fully saturated rings. The second kappa shape index (κ2) is 9.00. The van der Waals surface area contributed by atoms with Crippen LogP contribution in [0.1, 0.15) is 74.5 Å². The Balaban J connectivity index is 1.83. The minimum absolute atomic E-state index is 0.0482. The van der Waals surface area contributed by atoms with Crippen molar-refractivity contribution in [2.45, 2.75) is 78.6 Å². The second-order valence-electron chi connectivity index (χ2n) is 10.2. The van der Waals surface area contributed by atoms with Crippen LogP contribution in [0.4, 0.5) is 0 Å². The highest BCUT2D eigenvalue weighted by Crippen LogP contribution is 2.52. The lowest BCUT2D eigenvalue weighted by molar-refractivity contribution is -0.143. The molecule has 0 saturated carbocycles. The molecule has 0 aromatic heterocycles. The number of hydroxylamine groups is 1. The third-order valence-electron chi connectivity index (χ3n) is 7.55. The molecular weight excluding hydrogens is 450 g/mol. The summed E-state index contributed by atoms with van der Waals surface area (Å²) in [6, 6.07) is 1.86. The van der Waals surface area contributed by atoms with Gasteiger partial charge in [0.25, 0.3) is 0 Å². The molecule has 3 atom stereocenters. The van der Waals surface area contributed by atoms with Gasteiger partial charge < -0.3 is 15.3 Å². The Bertz CT molecular complexity index is 1190. The Labute approximate surface area is 204 Å². The predicted molar refractivity (Wildman–Crippen MR) is 128 cm³/mol. The van der Waals surface area contributed by atoms with Crippen molar-refractivity contribution in [2.75, 3.05) is 0 Å². The molecule has 0 spiro atoms. The Morgan fingerprint density at radius 2 is 1.91 bits per heavy atom. The van der Waals surface area contributed by atoms with Crippen molar-refractivity contribution in [3.8, 4) is 5.75 Å². The quantitative estimate of drug-likeness (QED) is 0.358. The molecule has 4 rings (SSSR count). The number of aryl methyl sites for hydroxylation is 1. The first kappa shape index (κ1) is 25.3. The fraction of sp³-hybridized carbons (Fsp3) is 0.519. The normalized spacial score (nSPS) is 26.1. The maximum absolute atomic E-state index is 13.8. The number of hydrogen-bond acceptors (Lipinski definition) is 8. The molecule has 0 heterocycles. The van der Waals surface area contributed by atoms with Crippen molar-refractivity contribution in [3.05, 3.63) is 50.8 Å². The Morgan fingerprint density at radius 1 is 1.23 bits per heavy atom. The van der Waals surface area contributed by atoms with Crippen LogP contribution in [-0.2, 0) is 33.8 Å². The number of fused-ring (bicyclic) bond motifs is 3. The van der Waals surface area contributed by atoms with Gasteiger partial charge in [-0.15, -0.1) is 0 Å². The molecule has 0 bridgehead atoms. The number of aliphatic hydroxyl groups excluding tert-OH is 1. The molecule has 188 valence electrons. The van der Waals surface area contributed by atoms with Crippen LogP contribution in [0.2, 0.25) is 0 Å². The Morgan fingerprint density at radius 3 is 2.51 bits per heavy atom. The predicted octanol–water partition coefficient (Wildman–Crippen LogP) is 3.18. The minimum Gasteiger partial charge on any atom is -0.508 e. The van der Waals surface area contributed by atoms with E-state index in [4.69, 9.17) is 4.84 Å². The number of hydrogen-bond donors (Lipinski definition) is 4. The SMILES string of the molecule is CCc1cc(CNOC(C)C)c(O)c2c1C[C@H]1C[C@H]3CC(C)=C(C(C)=O)C(=O)[C@@]3(O)C(O)=C1C2=O. The number of ketones is 3. The highest BCUT2D eigenvalue weighted by atomic mass is 16.7. The van der Waals surface area contributed by atoms with Crippen LogP contribution in [0.25, 0.3) is 0 Å². The summed E-state index contributed by atoms with van der Waals surface area (Å²) in [6.07, 6.45) is 1.55. The van der Waals surface area contributed by atoms with E-state index >= 15 is 0 Å². The fourth-order valence-corrected chi connectivity index (χ4v) is 5.97. The van der Waals surface area contributed by atoms with Gasteiger partial charge in [0.15, 0.2) is 17.2 Å². The number of aromatic hydroxyl groups is 1. The molecule has 35 heavy (non-hydrogen) atoms. The van der Waals surface area contributed by atoms with Crippen molar-refractivity contribution in [1.82, 2.24) is 5.48 Å². The van der Waals surface area contributed by atoms with E-state index in [-0.39, 0.29) is 41.5 Å². The zero-order valence-electron chi connectivity index (χ0n) is 20.8. The number of carbonyl (C=O) groups is 3. The molecule has 1 aromatic rings. The van der Waals surface area contributed by atoms with Gasteiger partial charge >= 0.3 is 0 Å². The van der Waals surface area contributed by atoms with Gasteiger partial charge in [0.05, 0.1) is 17.2 Å². The van der Waals surface area contributed by atoms with Gasteiger partial charge in [0, 0.05) is 23.6 Å². The van der Waals surface area contributed by atoms with Crippen LogP contribution < -0.4 is 5.48 Å². The third-order valence-corrected chi connectivity index (χ3v) is 7.55. The van der Waals surface area contributed by atoms with E-state index in [0.29, 0.717) is 30.4 Å². The van der Waals surface area contributed by atoms with E-state index in [2.05, 4.69) is 5.48 Å². The maximum atomic E-state index is 13.8. The molecule has 0 amide bonds. The molecule has 0 aliphatic heterocycles. The van der Waals surface area contributed by atoms with Gasteiger partial charge in [-0.3, -0.25) is 19.2 Å². The van der Waals surface area contributed by atoms with Gasteiger partial charge in [-0.2, -0.15) is 5.48 Å². The van der Waals surface area contributed by atoms with Crippen LogP contribution in [0, 0.1) is 11.8 Å². The molecule has 3 aliphatic carbocycles. The molecule has 0 unspecified atom stereocenters. The number of rotatable bonds is 6. The molecule has 3 aliphatic rings. The van der Waals surface area contributed by atoms with E-state index in [0.717, 1.165) is 11.1 Å². The number of aliphatic hydroxyl groups is 2. The zero-order valence-corrected chi connectivity index (χ0v) is 20.8. The standard InChI is InChI=1S/C27H33NO7/c1-6-15-8-17(11-28-35-12(2)3)23(30)22-19(15)10-16-9-18-7-13(4)20(14(5)29)25(32)27(18,34)26(33)21(16)24(22)31/h8,12,16,18,28,30,33-34H,6-7,9-11H2,1-5H3/t16-,18-,27-/m1/s1. The van der Waals surface area contributed by atoms with Gasteiger partial charge in [0.2, 0.25) is 5.78 Å². The summed E-state index contributed by atoms with van der Waals surface area (Å²) in [6.45, 7) is 8.80. The Kier molecular flexibility index (Phi) is 6.51. The van der Waals surface area contributed by atoms with E-state index in [1.54, 1.807) is 6.92 Å². The van der Waals surface area contributed by atoms with Crippen molar-refractivity contribution in [1.29, 1.82) is 0 Å². The molecule has 0 radical (unpaired) electrons. The zero-order chi connectivity index (χ0) is 25.8. The number of phenolic OH excluding ortho intramolecular Hbond substituents is 1. The smallest absolute Gasteiger partial charge is 0.205 e.